The summed E-state index contributed by atoms with van der Waals surface area (Å²) in [5.74, 6) is -1.95. The largest absolute Gasteiger partial charge is 0.381 e. The first-order valence-corrected chi connectivity index (χ1v) is 11.3. The molecule has 3 N–H and O–H groups in total. The lowest BCUT2D eigenvalue weighted by Crippen LogP contribution is -2.19. The van der Waals surface area contributed by atoms with Gasteiger partial charge in [0.05, 0.1) is 28.0 Å². The van der Waals surface area contributed by atoms with E-state index in [0.29, 0.717) is 22.5 Å². The van der Waals surface area contributed by atoms with Gasteiger partial charge in [0.2, 0.25) is 0 Å². The van der Waals surface area contributed by atoms with E-state index in [1.54, 1.807) is 37.6 Å². The Morgan fingerprint density at radius 2 is 1.73 bits per heavy atom. The first-order valence-electron chi connectivity index (χ1n) is 11.3. The maximum absolute atomic E-state index is 14.7. The second kappa shape index (κ2) is 8.90. The standard InChI is InChI=1S/C27H22FN5O4/c1-14-12-33-13-18(16-7-9-17(10-8-16)22-15(2)37-32(3)27(22)36)11-21(33)24(30-14)26(35)31-20-6-4-5-19(23(20)28)25(29)34/h4-13H,1-3H3,(H2,29,34)(H,31,35). The number of aromatic nitrogens is 3. The maximum Gasteiger partial charge on any atom is 0.290 e. The van der Waals surface area contributed by atoms with E-state index in [9.17, 15) is 18.8 Å². The Labute approximate surface area is 209 Å². The number of halogens is 1. The van der Waals surface area contributed by atoms with Gasteiger partial charge in [-0.2, -0.15) is 4.74 Å². The van der Waals surface area contributed by atoms with E-state index >= 15 is 0 Å². The van der Waals surface area contributed by atoms with Crippen LogP contribution in [0.3, 0.4) is 0 Å². The summed E-state index contributed by atoms with van der Waals surface area (Å²) >= 11 is 0. The van der Waals surface area contributed by atoms with Crippen molar-refractivity contribution < 1.29 is 18.5 Å². The highest BCUT2D eigenvalue weighted by atomic mass is 19.1. The van der Waals surface area contributed by atoms with Gasteiger partial charge in [0, 0.05) is 25.0 Å². The number of amides is 2. The molecule has 9 nitrogen and oxygen atoms in total. The number of anilines is 1. The number of primary amides is 1. The van der Waals surface area contributed by atoms with Crippen LogP contribution < -0.4 is 16.6 Å². The van der Waals surface area contributed by atoms with Crippen LogP contribution in [-0.4, -0.2) is 25.9 Å². The van der Waals surface area contributed by atoms with E-state index in [1.165, 1.54) is 22.9 Å². The van der Waals surface area contributed by atoms with E-state index in [0.717, 1.165) is 16.7 Å². The molecule has 0 saturated carbocycles. The molecule has 0 radical (unpaired) electrons. The monoisotopic (exact) mass is 499 g/mol. The van der Waals surface area contributed by atoms with Crippen LogP contribution in [0.4, 0.5) is 10.1 Å². The Morgan fingerprint density at radius 1 is 1.03 bits per heavy atom. The summed E-state index contributed by atoms with van der Waals surface area (Å²) in [5.41, 5.74) is 8.57. The van der Waals surface area contributed by atoms with Crippen molar-refractivity contribution in [3.63, 3.8) is 0 Å². The van der Waals surface area contributed by atoms with Crippen LogP contribution in [0.2, 0.25) is 0 Å². The fraction of sp³-hybridized carbons (Fsp3) is 0.111. The summed E-state index contributed by atoms with van der Waals surface area (Å²) in [7, 11) is 1.56. The quantitative estimate of drug-likeness (QED) is 0.377. The average Bonchev–Trinajstić information content (AvgIpc) is 3.39. The molecule has 0 bridgehead atoms. The molecule has 2 aromatic carbocycles. The fourth-order valence-electron chi connectivity index (χ4n) is 4.32. The van der Waals surface area contributed by atoms with Gasteiger partial charge >= 0.3 is 0 Å². The molecule has 5 rings (SSSR count). The maximum atomic E-state index is 14.7. The Bertz CT molecular complexity index is 1760. The average molecular weight is 500 g/mol. The van der Waals surface area contributed by atoms with Gasteiger partial charge < -0.3 is 20.0 Å². The molecule has 0 aliphatic carbocycles. The van der Waals surface area contributed by atoms with Gasteiger partial charge in [-0.3, -0.25) is 14.4 Å². The molecule has 0 fully saturated rings. The summed E-state index contributed by atoms with van der Waals surface area (Å²) in [6, 6.07) is 13.2. The third kappa shape index (κ3) is 4.18. The van der Waals surface area contributed by atoms with Crippen LogP contribution in [0, 0.1) is 19.7 Å². The van der Waals surface area contributed by atoms with Crippen molar-refractivity contribution in [2.45, 2.75) is 13.8 Å². The number of nitrogens with one attached hydrogen (secondary N) is 1. The number of rotatable bonds is 5. The third-order valence-corrected chi connectivity index (χ3v) is 6.07. The topological polar surface area (TPSA) is 125 Å². The number of nitrogens with two attached hydrogens (primary N) is 1. The van der Waals surface area contributed by atoms with E-state index in [4.69, 9.17) is 10.3 Å². The van der Waals surface area contributed by atoms with E-state index in [-0.39, 0.29) is 22.5 Å². The van der Waals surface area contributed by atoms with Gasteiger partial charge in [0.25, 0.3) is 17.4 Å². The van der Waals surface area contributed by atoms with E-state index in [2.05, 4.69) is 10.3 Å². The Morgan fingerprint density at radius 3 is 2.38 bits per heavy atom. The minimum atomic E-state index is -0.935. The van der Waals surface area contributed by atoms with Crippen molar-refractivity contribution in [2.24, 2.45) is 12.8 Å². The molecule has 0 atom stereocenters. The summed E-state index contributed by atoms with van der Waals surface area (Å²) in [5, 5.41) is 2.49. The molecule has 0 spiro atoms. The van der Waals surface area contributed by atoms with E-state index in [1.807, 2.05) is 30.5 Å². The molecule has 3 aromatic heterocycles. The minimum Gasteiger partial charge on any atom is -0.381 e. The second-order valence-corrected chi connectivity index (χ2v) is 8.64. The number of hydrogen-bond donors (Lipinski definition) is 2. The van der Waals surface area contributed by atoms with Crippen molar-refractivity contribution in [1.29, 1.82) is 0 Å². The zero-order valence-electron chi connectivity index (χ0n) is 20.2. The van der Waals surface area contributed by atoms with Crippen molar-refractivity contribution in [3.8, 4) is 22.3 Å². The number of aryl methyl sites for hydroxylation is 3. The minimum absolute atomic E-state index is 0.0873. The van der Waals surface area contributed by atoms with Gasteiger partial charge in [-0.1, -0.05) is 30.3 Å². The summed E-state index contributed by atoms with van der Waals surface area (Å²) < 4.78 is 23.0. The Hall–Kier alpha value is -4.99. The van der Waals surface area contributed by atoms with Crippen LogP contribution in [0.5, 0.6) is 0 Å². The molecule has 0 unspecified atom stereocenters. The van der Waals surface area contributed by atoms with Crippen LogP contribution in [0.1, 0.15) is 32.3 Å². The number of benzene rings is 2. The van der Waals surface area contributed by atoms with E-state index < -0.39 is 17.6 Å². The molecular weight excluding hydrogens is 477 g/mol. The van der Waals surface area contributed by atoms with Gasteiger partial charge in [-0.05, 0) is 43.2 Å². The number of nitrogens with zero attached hydrogens (tertiary/aromatic N) is 3. The lowest BCUT2D eigenvalue weighted by Gasteiger charge is -2.09. The molecule has 10 heteroatoms. The van der Waals surface area contributed by atoms with Gasteiger partial charge in [-0.25, -0.2) is 9.37 Å². The Balaban J connectivity index is 1.50. The Kier molecular flexibility index (Phi) is 5.71. The molecule has 0 aliphatic rings. The molecule has 2 amide bonds. The highest BCUT2D eigenvalue weighted by Crippen LogP contribution is 2.28. The van der Waals surface area contributed by atoms with Crippen LogP contribution in [0.15, 0.2) is 70.2 Å². The SMILES string of the molecule is Cc1cn2cc(-c3ccc(-c4c(C)on(C)c4=O)cc3)cc2c(C(=O)Nc2cccc(C(N)=O)c2F)n1. The zero-order chi connectivity index (χ0) is 26.4. The third-order valence-electron chi connectivity index (χ3n) is 6.07. The molecular formula is C27H22FN5O4. The van der Waals surface area contributed by atoms with Crippen molar-refractivity contribution in [2.75, 3.05) is 5.32 Å². The normalized spacial score (nSPS) is 11.1. The molecule has 37 heavy (non-hydrogen) atoms. The number of carbonyl (C=O) groups excluding carboxylic acids is 2. The van der Waals surface area contributed by atoms with Crippen molar-refractivity contribution in [3.05, 3.63) is 99.8 Å². The first-order chi connectivity index (χ1) is 17.6. The highest BCUT2D eigenvalue weighted by molar-refractivity contribution is 6.08. The molecule has 0 aliphatic heterocycles. The predicted molar refractivity (Wildman–Crippen MR) is 136 cm³/mol. The molecule has 3 heterocycles. The van der Waals surface area contributed by atoms with Crippen molar-refractivity contribution in [1.82, 2.24) is 14.1 Å². The van der Waals surface area contributed by atoms with Gasteiger partial charge in [-0.15, -0.1) is 0 Å². The van der Waals surface area contributed by atoms with Crippen LogP contribution in [-0.2, 0) is 7.05 Å². The smallest absolute Gasteiger partial charge is 0.290 e. The number of fused-ring (bicyclic) bond motifs is 1. The summed E-state index contributed by atoms with van der Waals surface area (Å²) in [6.45, 7) is 3.48. The first kappa shape index (κ1) is 23.7. The lowest BCUT2D eigenvalue weighted by atomic mass is 10.0. The van der Waals surface area contributed by atoms with Crippen molar-refractivity contribution >= 4 is 23.0 Å². The lowest BCUT2D eigenvalue weighted by molar-refractivity contribution is 0.0991. The number of carbonyl (C=O) groups is 2. The zero-order valence-corrected chi connectivity index (χ0v) is 20.2. The molecule has 186 valence electrons. The molecule has 0 saturated heterocycles. The number of hydrogen-bond acceptors (Lipinski definition) is 5. The fourth-order valence-corrected chi connectivity index (χ4v) is 4.32. The predicted octanol–water partition coefficient (Wildman–Crippen LogP) is 4.07. The van der Waals surface area contributed by atoms with Gasteiger partial charge in [0.15, 0.2) is 11.5 Å². The van der Waals surface area contributed by atoms with Gasteiger partial charge in [0.1, 0.15) is 5.76 Å². The van der Waals surface area contributed by atoms with Crippen LogP contribution >= 0.6 is 0 Å². The highest BCUT2D eigenvalue weighted by Gasteiger charge is 2.20. The van der Waals surface area contributed by atoms with Crippen LogP contribution in [0.25, 0.3) is 27.8 Å². The second-order valence-electron chi connectivity index (χ2n) is 8.64. The summed E-state index contributed by atoms with van der Waals surface area (Å²) in [6.07, 6.45) is 3.63. The summed E-state index contributed by atoms with van der Waals surface area (Å²) in [4.78, 5) is 41.3. The molecule has 5 aromatic rings.